The Kier molecular flexibility index (Phi) is 4.87. The van der Waals surface area contributed by atoms with Crippen LogP contribution in [0, 0.1) is 5.82 Å². The first-order valence-electron chi connectivity index (χ1n) is 9.02. The molecule has 1 aromatic heterocycles. The first kappa shape index (κ1) is 17.3. The molecule has 27 heavy (non-hydrogen) atoms. The highest BCUT2D eigenvalue weighted by molar-refractivity contribution is 5.94. The second-order valence-corrected chi connectivity index (χ2v) is 6.68. The summed E-state index contributed by atoms with van der Waals surface area (Å²) in [7, 11) is 0. The van der Waals surface area contributed by atoms with Gasteiger partial charge in [-0.2, -0.15) is 0 Å². The average Bonchev–Trinajstić information content (AvgIpc) is 3.17. The first-order valence-corrected chi connectivity index (χ1v) is 9.02. The Morgan fingerprint density at radius 3 is 2.81 bits per heavy atom. The number of ether oxygens (including phenoxy) is 1. The second kappa shape index (κ2) is 7.61. The molecule has 0 radical (unpaired) electrons. The van der Waals surface area contributed by atoms with Crippen LogP contribution in [-0.4, -0.2) is 34.1 Å². The highest BCUT2D eigenvalue weighted by Gasteiger charge is 2.26. The van der Waals surface area contributed by atoms with E-state index in [1.165, 1.54) is 12.1 Å². The van der Waals surface area contributed by atoms with Crippen molar-refractivity contribution in [3.8, 4) is 11.6 Å². The van der Waals surface area contributed by atoms with E-state index in [-0.39, 0.29) is 17.6 Å². The molecule has 1 amide bonds. The molecule has 3 aromatic rings. The Bertz CT molecular complexity index is 926. The number of H-pyrrole nitrogens is 1. The Balaban J connectivity index is 1.44. The zero-order valence-electron chi connectivity index (χ0n) is 14.8. The number of amides is 1. The van der Waals surface area contributed by atoms with Crippen molar-refractivity contribution in [2.24, 2.45) is 0 Å². The summed E-state index contributed by atoms with van der Waals surface area (Å²) in [6, 6.07) is 17.1. The van der Waals surface area contributed by atoms with Crippen LogP contribution in [0.4, 0.5) is 4.39 Å². The minimum absolute atomic E-state index is 0.0519. The van der Waals surface area contributed by atoms with Gasteiger partial charge >= 0.3 is 0 Å². The molecular weight excluding hydrogens is 345 g/mol. The molecule has 0 saturated carbocycles. The van der Waals surface area contributed by atoms with E-state index < -0.39 is 0 Å². The molecule has 0 spiro atoms. The quantitative estimate of drug-likeness (QED) is 0.747. The molecule has 1 aliphatic heterocycles. The van der Waals surface area contributed by atoms with Crippen molar-refractivity contribution in [3.63, 3.8) is 0 Å². The largest absolute Gasteiger partial charge is 0.437 e. The molecule has 1 atom stereocenters. The van der Waals surface area contributed by atoms with Gasteiger partial charge in [0, 0.05) is 42.4 Å². The summed E-state index contributed by atoms with van der Waals surface area (Å²) < 4.78 is 18.9. The maximum Gasteiger partial charge on any atom is 0.253 e. The molecular formula is C21H20FN3O2. The fraction of sp³-hybridized carbons (Fsp3) is 0.238. The molecule has 1 fully saturated rings. The van der Waals surface area contributed by atoms with Crippen LogP contribution >= 0.6 is 0 Å². The predicted octanol–water partition coefficient (Wildman–Crippen LogP) is 4.36. The van der Waals surface area contributed by atoms with E-state index in [1.807, 2.05) is 41.3 Å². The molecule has 2 heterocycles. The van der Waals surface area contributed by atoms with Crippen molar-refractivity contribution in [1.82, 2.24) is 15.1 Å². The topological polar surface area (TPSA) is 58.2 Å². The monoisotopic (exact) mass is 365 g/mol. The van der Waals surface area contributed by atoms with Crippen LogP contribution in [0.25, 0.3) is 0 Å². The number of likely N-dealkylation sites (tertiary alicyclic amines) is 1. The summed E-state index contributed by atoms with van der Waals surface area (Å²) in [4.78, 5) is 14.6. The minimum atomic E-state index is -0.356. The highest BCUT2D eigenvalue weighted by Crippen LogP contribution is 2.29. The van der Waals surface area contributed by atoms with Gasteiger partial charge in [0.05, 0.1) is 0 Å². The zero-order valence-corrected chi connectivity index (χ0v) is 14.8. The fourth-order valence-corrected chi connectivity index (χ4v) is 3.41. The third kappa shape index (κ3) is 4.00. The van der Waals surface area contributed by atoms with Crippen LogP contribution in [0.5, 0.6) is 11.6 Å². The molecule has 1 saturated heterocycles. The molecule has 138 valence electrons. The number of benzene rings is 2. The van der Waals surface area contributed by atoms with Gasteiger partial charge in [-0.1, -0.05) is 24.3 Å². The molecule has 0 aliphatic carbocycles. The summed E-state index contributed by atoms with van der Waals surface area (Å²) in [5, 5.41) is 7.17. The van der Waals surface area contributed by atoms with Crippen molar-refractivity contribution < 1.29 is 13.9 Å². The van der Waals surface area contributed by atoms with E-state index in [9.17, 15) is 9.18 Å². The molecule has 2 aromatic carbocycles. The van der Waals surface area contributed by atoms with E-state index in [0.717, 1.165) is 25.1 Å². The first-order chi connectivity index (χ1) is 13.2. The van der Waals surface area contributed by atoms with E-state index in [2.05, 4.69) is 10.2 Å². The average molecular weight is 365 g/mol. The lowest BCUT2D eigenvalue weighted by Gasteiger charge is -2.32. The summed E-state index contributed by atoms with van der Waals surface area (Å²) in [6.07, 6.45) is 1.91. The molecule has 1 N–H and O–H groups in total. The van der Waals surface area contributed by atoms with Crippen LogP contribution in [0.3, 0.4) is 0 Å². The number of carbonyl (C=O) groups excluding carboxylic acids is 1. The van der Waals surface area contributed by atoms with Crippen LogP contribution < -0.4 is 4.74 Å². The van der Waals surface area contributed by atoms with E-state index in [1.54, 1.807) is 12.1 Å². The molecule has 6 heteroatoms. The Morgan fingerprint density at radius 2 is 2.00 bits per heavy atom. The Morgan fingerprint density at radius 1 is 1.15 bits per heavy atom. The van der Waals surface area contributed by atoms with Gasteiger partial charge in [-0.05, 0) is 37.1 Å². The van der Waals surface area contributed by atoms with Crippen molar-refractivity contribution in [1.29, 1.82) is 0 Å². The smallest absolute Gasteiger partial charge is 0.253 e. The lowest BCUT2D eigenvalue weighted by Crippen LogP contribution is -2.39. The van der Waals surface area contributed by atoms with Crippen LogP contribution in [0.1, 0.15) is 34.8 Å². The number of aromatic amines is 1. The standard InChI is InChI=1S/C21H20FN3O2/c22-17-9-4-10-18(12-17)27-20-13-19(23-24-20)16-8-5-11-25(14-16)21(26)15-6-2-1-3-7-15/h1-4,6-7,9-10,12-13,16H,5,8,11,14H2,(H,23,24)/t16-/m0/s1. The van der Waals surface area contributed by atoms with Crippen molar-refractivity contribution >= 4 is 5.91 Å². The maximum atomic E-state index is 13.3. The number of hydrogen-bond acceptors (Lipinski definition) is 3. The van der Waals surface area contributed by atoms with Gasteiger partial charge in [-0.15, -0.1) is 5.10 Å². The predicted molar refractivity (Wildman–Crippen MR) is 99.4 cm³/mol. The van der Waals surface area contributed by atoms with Gasteiger partial charge in [0.2, 0.25) is 5.88 Å². The van der Waals surface area contributed by atoms with Crippen LogP contribution in [0.15, 0.2) is 60.7 Å². The van der Waals surface area contributed by atoms with Gasteiger partial charge < -0.3 is 9.64 Å². The zero-order chi connectivity index (χ0) is 18.6. The molecule has 1 aliphatic rings. The second-order valence-electron chi connectivity index (χ2n) is 6.68. The number of rotatable bonds is 4. The molecule has 4 rings (SSSR count). The normalized spacial score (nSPS) is 16.9. The number of halogens is 1. The van der Waals surface area contributed by atoms with Gasteiger partial charge in [0.1, 0.15) is 11.6 Å². The molecule has 0 unspecified atom stereocenters. The number of nitrogens with zero attached hydrogens (tertiary/aromatic N) is 2. The number of hydrogen-bond donors (Lipinski definition) is 1. The number of nitrogens with one attached hydrogen (secondary N) is 1. The van der Waals surface area contributed by atoms with Gasteiger partial charge in [0.25, 0.3) is 5.91 Å². The lowest BCUT2D eigenvalue weighted by molar-refractivity contribution is 0.0706. The number of carbonyl (C=O) groups is 1. The fourth-order valence-electron chi connectivity index (χ4n) is 3.41. The maximum absolute atomic E-state index is 13.3. The summed E-state index contributed by atoms with van der Waals surface area (Å²) in [5.41, 5.74) is 1.63. The van der Waals surface area contributed by atoms with Crippen molar-refractivity contribution in [3.05, 3.63) is 77.7 Å². The Labute approximate surface area is 156 Å². The lowest BCUT2D eigenvalue weighted by atomic mass is 9.94. The summed E-state index contributed by atoms with van der Waals surface area (Å²) >= 11 is 0. The summed E-state index contributed by atoms with van der Waals surface area (Å²) in [5.74, 6) is 0.658. The van der Waals surface area contributed by atoms with E-state index in [0.29, 0.717) is 23.7 Å². The Hall–Kier alpha value is -3.15. The number of piperidine rings is 1. The third-order valence-electron chi connectivity index (χ3n) is 4.76. The van der Waals surface area contributed by atoms with Gasteiger partial charge in [-0.3, -0.25) is 9.89 Å². The van der Waals surface area contributed by atoms with E-state index in [4.69, 9.17) is 4.74 Å². The van der Waals surface area contributed by atoms with E-state index >= 15 is 0 Å². The third-order valence-corrected chi connectivity index (χ3v) is 4.76. The van der Waals surface area contributed by atoms with Crippen molar-refractivity contribution in [2.45, 2.75) is 18.8 Å². The summed E-state index contributed by atoms with van der Waals surface area (Å²) in [6.45, 7) is 1.39. The van der Waals surface area contributed by atoms with Crippen molar-refractivity contribution in [2.75, 3.05) is 13.1 Å². The number of aromatic nitrogens is 2. The minimum Gasteiger partial charge on any atom is -0.437 e. The van der Waals surface area contributed by atoms with Crippen LogP contribution in [0.2, 0.25) is 0 Å². The highest BCUT2D eigenvalue weighted by atomic mass is 19.1. The SMILES string of the molecule is O=C(c1ccccc1)N1CCC[C@H](c2cc(Oc3cccc(F)c3)n[nH]2)C1. The molecule has 0 bridgehead atoms. The van der Waals surface area contributed by atoms with Gasteiger partial charge in [-0.25, -0.2) is 4.39 Å². The van der Waals surface area contributed by atoms with Gasteiger partial charge in [0.15, 0.2) is 0 Å². The van der Waals surface area contributed by atoms with Crippen LogP contribution in [-0.2, 0) is 0 Å². The molecule has 5 nitrogen and oxygen atoms in total.